The molecule has 1 N–H and O–H groups in total. The lowest BCUT2D eigenvalue weighted by atomic mass is 9.95. The van der Waals surface area contributed by atoms with E-state index in [1.54, 1.807) is 50.2 Å². The Morgan fingerprint density at radius 3 is 2.22 bits per heavy atom. The van der Waals surface area contributed by atoms with Gasteiger partial charge in [0, 0.05) is 17.1 Å². The van der Waals surface area contributed by atoms with E-state index < -0.39 is 56.9 Å². The number of nitrogens with zero attached hydrogens (tertiary/aromatic N) is 2. The molecule has 242 valence electrons. The van der Waals surface area contributed by atoms with E-state index in [1.165, 1.54) is 17.0 Å². The fourth-order valence-electron chi connectivity index (χ4n) is 5.19. The zero-order valence-corrected chi connectivity index (χ0v) is 27.9. The van der Waals surface area contributed by atoms with Crippen molar-refractivity contribution < 1.29 is 31.2 Å². The zero-order chi connectivity index (χ0) is 32.9. The lowest BCUT2D eigenvalue weighted by molar-refractivity contribution is -0.139. The number of amides is 2. The molecular formula is C32H34BrClF3N3O4S. The van der Waals surface area contributed by atoms with Crippen LogP contribution < -0.4 is 9.62 Å². The average Bonchev–Trinajstić information content (AvgIpc) is 2.99. The summed E-state index contributed by atoms with van der Waals surface area (Å²) in [4.78, 5) is 28.5. The number of aryl methyl sites for hydroxylation is 1. The third-order valence-electron chi connectivity index (χ3n) is 7.82. The second-order valence-corrected chi connectivity index (χ2v) is 14.3. The van der Waals surface area contributed by atoms with Crippen molar-refractivity contribution in [1.82, 2.24) is 10.2 Å². The number of benzene rings is 3. The molecule has 0 saturated heterocycles. The Bertz CT molecular complexity index is 1610. The average molecular weight is 729 g/mol. The first kappa shape index (κ1) is 34.8. The molecular weight excluding hydrogens is 695 g/mol. The van der Waals surface area contributed by atoms with Crippen molar-refractivity contribution in [2.45, 2.75) is 75.7 Å². The Hall–Kier alpha value is -3.09. The number of halogens is 5. The van der Waals surface area contributed by atoms with Crippen LogP contribution in [0, 0.1) is 6.92 Å². The predicted octanol–water partition coefficient (Wildman–Crippen LogP) is 7.49. The van der Waals surface area contributed by atoms with Gasteiger partial charge in [-0.05, 0) is 74.7 Å². The lowest BCUT2D eigenvalue weighted by Crippen LogP contribution is -2.53. The highest BCUT2D eigenvalue weighted by atomic mass is 79.9. The number of nitrogens with one attached hydrogen (secondary N) is 1. The van der Waals surface area contributed by atoms with E-state index >= 15 is 0 Å². The smallest absolute Gasteiger partial charge is 0.352 e. The molecule has 7 nitrogen and oxygen atoms in total. The molecule has 0 heterocycles. The number of anilines is 1. The van der Waals surface area contributed by atoms with Gasteiger partial charge in [-0.25, -0.2) is 8.42 Å². The van der Waals surface area contributed by atoms with Gasteiger partial charge in [0.1, 0.15) is 12.6 Å². The van der Waals surface area contributed by atoms with Gasteiger partial charge in [0.05, 0.1) is 21.2 Å². The monoisotopic (exact) mass is 727 g/mol. The highest BCUT2D eigenvalue weighted by Crippen LogP contribution is 2.38. The fourth-order valence-corrected chi connectivity index (χ4v) is 7.08. The minimum atomic E-state index is -4.88. The second kappa shape index (κ2) is 14.6. The first-order chi connectivity index (χ1) is 21.2. The summed E-state index contributed by atoms with van der Waals surface area (Å²) in [6.07, 6.45) is -0.196. The molecule has 45 heavy (non-hydrogen) atoms. The van der Waals surface area contributed by atoms with Crippen LogP contribution in [-0.2, 0) is 32.3 Å². The van der Waals surface area contributed by atoms with Crippen molar-refractivity contribution in [2.24, 2.45) is 0 Å². The molecule has 3 aromatic rings. The number of alkyl halides is 3. The molecule has 1 fully saturated rings. The van der Waals surface area contributed by atoms with Gasteiger partial charge in [0.2, 0.25) is 11.8 Å². The SMILES string of the molecule is Cc1ccc(S(=O)(=O)N(CC(=O)N(Cc2ccc(Br)cc2)C(C)C(=O)NC2CCCCC2)c2ccc(Cl)c(C(F)(F)F)c2)cc1. The first-order valence-electron chi connectivity index (χ1n) is 14.5. The number of carbonyl (C=O) groups is 2. The minimum Gasteiger partial charge on any atom is -0.352 e. The molecule has 4 rings (SSSR count). The molecule has 0 radical (unpaired) electrons. The summed E-state index contributed by atoms with van der Waals surface area (Å²) in [5.74, 6) is -1.17. The number of hydrogen-bond donors (Lipinski definition) is 1. The van der Waals surface area contributed by atoms with Crippen molar-refractivity contribution in [2.75, 3.05) is 10.8 Å². The standard InChI is InChI=1S/C32H34BrClF3N3O4S/c1-21-8-15-27(16-9-21)45(43,44)40(26-14-17-29(34)28(18-26)32(35,36)37)20-30(41)39(19-23-10-12-24(33)13-11-23)22(2)31(42)38-25-6-4-3-5-7-25/h8-18,22,25H,3-7,19-20H2,1-2H3,(H,38,42). The first-order valence-corrected chi connectivity index (χ1v) is 17.1. The van der Waals surface area contributed by atoms with Gasteiger partial charge < -0.3 is 10.2 Å². The molecule has 0 spiro atoms. The number of hydrogen-bond acceptors (Lipinski definition) is 4. The van der Waals surface area contributed by atoms with Gasteiger partial charge in [-0.3, -0.25) is 13.9 Å². The summed E-state index contributed by atoms with van der Waals surface area (Å²) in [6, 6.07) is 14.4. The molecule has 13 heteroatoms. The van der Waals surface area contributed by atoms with Gasteiger partial charge in [-0.15, -0.1) is 0 Å². The maximum Gasteiger partial charge on any atom is 0.417 e. The van der Waals surface area contributed by atoms with E-state index in [1.807, 2.05) is 0 Å². The lowest BCUT2D eigenvalue weighted by Gasteiger charge is -2.33. The van der Waals surface area contributed by atoms with Crippen molar-refractivity contribution >= 4 is 55.1 Å². The van der Waals surface area contributed by atoms with Crippen LogP contribution in [0.3, 0.4) is 0 Å². The van der Waals surface area contributed by atoms with Gasteiger partial charge >= 0.3 is 6.18 Å². The summed E-state index contributed by atoms with van der Waals surface area (Å²) < 4.78 is 70.8. The van der Waals surface area contributed by atoms with Crippen LogP contribution >= 0.6 is 27.5 Å². The molecule has 1 aliphatic carbocycles. The van der Waals surface area contributed by atoms with E-state index in [2.05, 4.69) is 21.2 Å². The van der Waals surface area contributed by atoms with Crippen LogP contribution in [0.15, 0.2) is 76.1 Å². The van der Waals surface area contributed by atoms with Gasteiger partial charge in [0.25, 0.3) is 10.0 Å². The van der Waals surface area contributed by atoms with E-state index in [4.69, 9.17) is 11.6 Å². The Kier molecular flexibility index (Phi) is 11.2. The van der Waals surface area contributed by atoms with Gasteiger partial charge in [-0.1, -0.05) is 76.6 Å². The second-order valence-electron chi connectivity index (χ2n) is 11.2. The summed E-state index contributed by atoms with van der Waals surface area (Å²) in [5.41, 5.74) is -0.211. The Balaban J connectivity index is 1.74. The summed E-state index contributed by atoms with van der Waals surface area (Å²) in [5, 5.41) is 2.40. The minimum absolute atomic E-state index is 0.0356. The summed E-state index contributed by atoms with van der Waals surface area (Å²) in [6.45, 7) is 2.40. The molecule has 1 saturated carbocycles. The zero-order valence-electron chi connectivity index (χ0n) is 24.8. The largest absolute Gasteiger partial charge is 0.417 e. The molecule has 1 unspecified atom stereocenters. The fraction of sp³-hybridized carbons (Fsp3) is 0.375. The summed E-state index contributed by atoms with van der Waals surface area (Å²) in [7, 11) is -4.55. The van der Waals surface area contributed by atoms with E-state index in [0.717, 1.165) is 54.3 Å². The van der Waals surface area contributed by atoms with E-state index in [-0.39, 0.29) is 17.5 Å². The normalized spacial score (nSPS) is 14.9. The van der Waals surface area contributed by atoms with Crippen LogP contribution in [0.5, 0.6) is 0 Å². The Labute approximate surface area is 274 Å². The van der Waals surface area contributed by atoms with Crippen molar-refractivity contribution in [3.05, 3.63) is 92.9 Å². The highest BCUT2D eigenvalue weighted by Gasteiger charge is 2.37. The third kappa shape index (κ3) is 8.80. The van der Waals surface area contributed by atoms with Crippen molar-refractivity contribution in [3.63, 3.8) is 0 Å². The molecule has 1 aliphatic rings. The van der Waals surface area contributed by atoms with Crippen molar-refractivity contribution in [3.8, 4) is 0 Å². The summed E-state index contributed by atoms with van der Waals surface area (Å²) >= 11 is 9.21. The van der Waals surface area contributed by atoms with E-state index in [9.17, 15) is 31.2 Å². The topological polar surface area (TPSA) is 86.8 Å². The molecule has 0 bridgehead atoms. The van der Waals surface area contributed by atoms with Gasteiger partial charge in [-0.2, -0.15) is 13.2 Å². The number of rotatable bonds is 10. The Morgan fingerprint density at radius 1 is 1.00 bits per heavy atom. The van der Waals surface area contributed by atoms with Gasteiger partial charge in [0.15, 0.2) is 0 Å². The van der Waals surface area contributed by atoms with E-state index in [0.29, 0.717) is 15.9 Å². The Morgan fingerprint density at radius 2 is 1.62 bits per heavy atom. The molecule has 2 amide bonds. The molecule has 0 aromatic heterocycles. The number of carbonyl (C=O) groups excluding carboxylic acids is 2. The molecule has 3 aromatic carbocycles. The number of sulfonamides is 1. The molecule has 0 aliphatic heterocycles. The van der Waals surface area contributed by atoms with Crippen LogP contribution in [-0.4, -0.2) is 43.8 Å². The third-order valence-corrected chi connectivity index (χ3v) is 10.5. The maximum absolute atomic E-state index is 14.1. The maximum atomic E-state index is 14.1. The highest BCUT2D eigenvalue weighted by molar-refractivity contribution is 9.10. The van der Waals surface area contributed by atoms with Crippen molar-refractivity contribution in [1.29, 1.82) is 0 Å². The van der Waals surface area contributed by atoms with Crippen LogP contribution in [0.25, 0.3) is 0 Å². The van der Waals surface area contributed by atoms with Crippen LogP contribution in [0.4, 0.5) is 18.9 Å². The van der Waals surface area contributed by atoms with Crippen LogP contribution in [0.2, 0.25) is 5.02 Å². The molecule has 1 atom stereocenters. The van der Waals surface area contributed by atoms with Crippen LogP contribution in [0.1, 0.15) is 55.7 Å². The predicted molar refractivity (Wildman–Crippen MR) is 171 cm³/mol. The quantitative estimate of drug-likeness (QED) is 0.235.